The lowest BCUT2D eigenvalue weighted by Gasteiger charge is -2.28. The van der Waals surface area contributed by atoms with Crippen molar-refractivity contribution in [2.24, 2.45) is 4.99 Å². The number of hydrogen-bond acceptors (Lipinski definition) is 6. The van der Waals surface area contributed by atoms with Crippen molar-refractivity contribution in [1.82, 2.24) is 9.38 Å². The van der Waals surface area contributed by atoms with E-state index in [-0.39, 0.29) is 30.2 Å². The second kappa shape index (κ2) is 10.4. The molecule has 12 heteroatoms. The van der Waals surface area contributed by atoms with E-state index in [1.54, 1.807) is 20.8 Å². The third kappa shape index (κ3) is 5.80. The first-order valence-electron chi connectivity index (χ1n) is 11.0. The van der Waals surface area contributed by atoms with E-state index in [1.165, 1.54) is 48.6 Å². The van der Waals surface area contributed by atoms with Crippen LogP contribution in [0.2, 0.25) is 0 Å². The molecule has 1 heterocycles. The minimum absolute atomic E-state index is 0.0900. The molecule has 2 aromatic carbocycles. The zero-order valence-electron chi connectivity index (χ0n) is 20.5. The van der Waals surface area contributed by atoms with Gasteiger partial charge in [0.05, 0.1) is 18.2 Å². The molecule has 1 N–H and O–H groups in total. The van der Waals surface area contributed by atoms with E-state index in [0.717, 1.165) is 6.07 Å². The molecule has 0 saturated heterocycles. The summed E-state index contributed by atoms with van der Waals surface area (Å²) in [7, 11) is 1.52. The van der Waals surface area contributed by atoms with Gasteiger partial charge in [0.25, 0.3) is 0 Å². The number of halogens is 3. The van der Waals surface area contributed by atoms with Gasteiger partial charge in [0.15, 0.2) is 23.1 Å². The molecule has 1 atom stereocenters. The third-order valence-corrected chi connectivity index (χ3v) is 5.31. The number of amides is 2. The molecule has 1 aliphatic rings. The monoisotopic (exact) mass is 520 g/mol. The molecule has 196 valence electrons. The molecular weight excluding hydrogens is 495 g/mol. The maximum Gasteiger partial charge on any atom is 0.529 e. The van der Waals surface area contributed by atoms with Crippen LogP contribution in [0, 0.1) is 17.5 Å². The Morgan fingerprint density at radius 2 is 1.68 bits per heavy atom. The van der Waals surface area contributed by atoms with Crippen LogP contribution in [0.3, 0.4) is 0 Å². The number of amidine groups is 1. The number of carbonyl (C=O) groups excluding carboxylic acids is 2. The average molecular weight is 520 g/mol. The van der Waals surface area contributed by atoms with Crippen LogP contribution in [0.4, 0.5) is 28.4 Å². The summed E-state index contributed by atoms with van der Waals surface area (Å²) in [5, 5.41) is 10.1. The van der Waals surface area contributed by atoms with Gasteiger partial charge in [-0.3, -0.25) is 0 Å². The number of aliphatic imine (C=N–C) groups is 1. The van der Waals surface area contributed by atoms with Gasteiger partial charge < -0.3 is 19.5 Å². The molecule has 3 rings (SSSR count). The number of carboxylic acid groups (broad SMARTS) is 1. The van der Waals surface area contributed by atoms with Gasteiger partial charge in [0.2, 0.25) is 5.84 Å². The first-order chi connectivity index (χ1) is 17.3. The Bertz CT molecular complexity index is 1290. The number of rotatable bonds is 6. The molecule has 37 heavy (non-hydrogen) atoms. The fourth-order valence-electron chi connectivity index (χ4n) is 3.45. The maximum atomic E-state index is 13.9. The fraction of sp³-hybridized carbons (Fsp3) is 0.280. The Kier molecular flexibility index (Phi) is 7.72. The van der Waals surface area contributed by atoms with Gasteiger partial charge in [-0.1, -0.05) is 0 Å². The first kappa shape index (κ1) is 27.4. The summed E-state index contributed by atoms with van der Waals surface area (Å²) >= 11 is 0. The zero-order chi connectivity index (χ0) is 27.5. The van der Waals surface area contributed by atoms with Crippen LogP contribution in [0.15, 0.2) is 53.8 Å². The SMILES string of the molecule is CN(CCC1=NC=C[N+]1(C(=O)O)c1ccc(OC(=O)c2ccc(F)c(F)c2F)cc1)C(=O)OC(C)(C)C. The smallest absolute Gasteiger partial charge is 0.444 e. The van der Waals surface area contributed by atoms with Gasteiger partial charge >= 0.3 is 18.2 Å². The molecule has 0 aliphatic carbocycles. The van der Waals surface area contributed by atoms with Crippen molar-refractivity contribution in [2.45, 2.75) is 32.8 Å². The van der Waals surface area contributed by atoms with Crippen molar-refractivity contribution in [2.75, 3.05) is 13.6 Å². The molecule has 9 nitrogen and oxygen atoms in total. The molecule has 0 radical (unpaired) electrons. The van der Waals surface area contributed by atoms with Crippen LogP contribution >= 0.6 is 0 Å². The van der Waals surface area contributed by atoms with E-state index in [9.17, 15) is 32.7 Å². The Morgan fingerprint density at radius 3 is 2.27 bits per heavy atom. The van der Waals surface area contributed by atoms with E-state index < -0.39 is 51.3 Å². The second-order valence-electron chi connectivity index (χ2n) is 9.11. The number of esters is 1. The van der Waals surface area contributed by atoms with Crippen LogP contribution in [0.25, 0.3) is 0 Å². The highest BCUT2D eigenvalue weighted by atomic mass is 19.2. The number of benzene rings is 2. The van der Waals surface area contributed by atoms with E-state index in [2.05, 4.69) is 4.99 Å². The number of hydrogen-bond donors (Lipinski definition) is 1. The Balaban J connectivity index is 1.77. The molecule has 0 fully saturated rings. The van der Waals surface area contributed by atoms with Crippen molar-refractivity contribution < 1.29 is 42.1 Å². The first-order valence-corrected chi connectivity index (χ1v) is 11.0. The number of nitrogens with zero attached hydrogens (tertiary/aromatic N) is 3. The molecule has 0 saturated carbocycles. The minimum Gasteiger partial charge on any atom is -0.444 e. The van der Waals surface area contributed by atoms with Crippen LogP contribution in [0.1, 0.15) is 37.6 Å². The van der Waals surface area contributed by atoms with Gasteiger partial charge in [0.1, 0.15) is 17.6 Å². The molecular formula is C25H25F3N3O6+. The zero-order valence-corrected chi connectivity index (χ0v) is 20.5. The lowest BCUT2D eigenvalue weighted by molar-refractivity contribution is 0.0302. The van der Waals surface area contributed by atoms with E-state index >= 15 is 0 Å². The largest absolute Gasteiger partial charge is 0.529 e. The van der Waals surface area contributed by atoms with Crippen molar-refractivity contribution in [1.29, 1.82) is 0 Å². The van der Waals surface area contributed by atoms with Gasteiger partial charge in [-0.25, -0.2) is 27.8 Å². The van der Waals surface area contributed by atoms with Crippen LogP contribution < -0.4 is 9.22 Å². The highest BCUT2D eigenvalue weighted by molar-refractivity contribution is 6.11. The molecule has 2 aromatic rings. The normalized spacial score (nSPS) is 16.8. The Labute approximate surface area is 210 Å². The van der Waals surface area contributed by atoms with Crippen molar-refractivity contribution >= 4 is 29.7 Å². The van der Waals surface area contributed by atoms with E-state index in [1.807, 2.05) is 0 Å². The number of carbonyl (C=O) groups is 3. The lowest BCUT2D eigenvalue weighted by Crippen LogP contribution is -2.52. The van der Waals surface area contributed by atoms with Crippen LogP contribution in [0.5, 0.6) is 5.75 Å². The van der Waals surface area contributed by atoms with Crippen LogP contribution in [-0.4, -0.2) is 53.2 Å². The lowest BCUT2D eigenvalue weighted by atomic mass is 10.2. The highest BCUT2D eigenvalue weighted by Gasteiger charge is 2.46. The minimum atomic E-state index is -1.80. The predicted molar refractivity (Wildman–Crippen MR) is 128 cm³/mol. The summed E-state index contributed by atoms with van der Waals surface area (Å²) in [6.45, 7) is 5.31. The van der Waals surface area contributed by atoms with Gasteiger partial charge in [-0.05, 0) is 45.0 Å². The molecule has 0 spiro atoms. The maximum absolute atomic E-state index is 13.9. The molecule has 0 bridgehead atoms. The van der Waals surface area contributed by atoms with Gasteiger partial charge in [0, 0.05) is 25.7 Å². The molecule has 1 unspecified atom stereocenters. The van der Waals surface area contributed by atoms with E-state index in [4.69, 9.17) is 9.47 Å². The molecule has 1 aliphatic heterocycles. The number of quaternary nitrogens is 1. The summed E-state index contributed by atoms with van der Waals surface area (Å²) in [5.41, 5.74) is -1.28. The van der Waals surface area contributed by atoms with Crippen molar-refractivity contribution in [3.63, 3.8) is 0 Å². The standard InChI is InChI=1S/C25H24F3N3O6/c1-25(2,3)37-23(33)30(4)13-11-19-29-12-14-31(19,24(34)35)15-5-7-16(8-6-15)36-22(32)17-9-10-18(26)21(28)20(17)27/h5-10,12,14H,11,13H2,1-4H3/p+1. The molecule has 2 amide bonds. The summed E-state index contributed by atoms with van der Waals surface area (Å²) in [4.78, 5) is 42.3. The summed E-state index contributed by atoms with van der Waals surface area (Å²) < 4.78 is 50.0. The Hall–Kier alpha value is -4.19. The van der Waals surface area contributed by atoms with Gasteiger partial charge in [-0.15, -0.1) is 4.48 Å². The Morgan fingerprint density at radius 1 is 1.03 bits per heavy atom. The fourth-order valence-corrected chi connectivity index (χ4v) is 3.45. The highest BCUT2D eigenvalue weighted by Crippen LogP contribution is 2.32. The summed E-state index contributed by atoms with van der Waals surface area (Å²) in [5.74, 6) is -6.09. The molecule has 0 aromatic heterocycles. The van der Waals surface area contributed by atoms with Crippen LogP contribution in [-0.2, 0) is 4.74 Å². The second-order valence-corrected chi connectivity index (χ2v) is 9.11. The third-order valence-electron chi connectivity index (χ3n) is 5.31. The summed E-state index contributed by atoms with van der Waals surface area (Å²) in [6, 6.07) is 6.61. The number of ether oxygens (including phenoxy) is 2. The predicted octanol–water partition coefficient (Wildman–Crippen LogP) is 5.45. The quantitative estimate of drug-likeness (QED) is 0.235. The van der Waals surface area contributed by atoms with Crippen molar-refractivity contribution in [3.05, 3.63) is 71.8 Å². The van der Waals surface area contributed by atoms with E-state index in [0.29, 0.717) is 6.07 Å². The topological polar surface area (TPSA) is 106 Å². The van der Waals surface area contributed by atoms with Gasteiger partial charge in [-0.2, -0.15) is 4.79 Å². The van der Waals surface area contributed by atoms with Crippen molar-refractivity contribution in [3.8, 4) is 5.75 Å². The summed E-state index contributed by atoms with van der Waals surface area (Å²) in [6.07, 6.45) is 0.915. The average Bonchev–Trinajstić information content (AvgIpc) is 3.25.